The van der Waals surface area contributed by atoms with Crippen molar-refractivity contribution in [2.24, 2.45) is 5.92 Å². The van der Waals surface area contributed by atoms with Crippen LogP contribution >= 0.6 is 0 Å². The van der Waals surface area contributed by atoms with Crippen molar-refractivity contribution < 1.29 is 14.3 Å². The van der Waals surface area contributed by atoms with Gasteiger partial charge in [-0.05, 0) is 6.92 Å². The third kappa shape index (κ3) is 6.06. The first-order valence-electron chi connectivity index (χ1n) is 5.06. The van der Waals surface area contributed by atoms with Gasteiger partial charge in [0.05, 0.1) is 6.61 Å². The molecule has 5 heteroatoms. The van der Waals surface area contributed by atoms with E-state index in [0.29, 0.717) is 13.2 Å². The van der Waals surface area contributed by atoms with Gasteiger partial charge in [-0.15, -0.1) is 0 Å². The Labute approximate surface area is 90.6 Å². The van der Waals surface area contributed by atoms with Crippen molar-refractivity contribution >= 4 is 11.8 Å². The van der Waals surface area contributed by atoms with E-state index in [1.54, 1.807) is 27.9 Å². The van der Waals surface area contributed by atoms with Crippen LogP contribution in [0.3, 0.4) is 0 Å². The molecule has 0 aromatic rings. The van der Waals surface area contributed by atoms with Crippen LogP contribution in [0.5, 0.6) is 0 Å². The molecule has 0 heterocycles. The number of carbonyl (C=O) groups is 2. The fraction of sp³-hybridized carbons (Fsp3) is 0.800. The molecule has 1 atom stereocenters. The highest BCUT2D eigenvalue weighted by Gasteiger charge is 2.16. The number of amides is 2. The summed E-state index contributed by atoms with van der Waals surface area (Å²) in [6.07, 6.45) is 0. The first kappa shape index (κ1) is 13.9. The van der Waals surface area contributed by atoms with Crippen molar-refractivity contribution in [1.82, 2.24) is 10.6 Å². The molecule has 88 valence electrons. The van der Waals surface area contributed by atoms with Crippen molar-refractivity contribution in [2.75, 3.05) is 20.3 Å². The van der Waals surface area contributed by atoms with Crippen LogP contribution in [0.4, 0.5) is 0 Å². The monoisotopic (exact) mass is 216 g/mol. The Morgan fingerprint density at radius 2 is 1.80 bits per heavy atom. The van der Waals surface area contributed by atoms with E-state index in [0.717, 1.165) is 0 Å². The first-order valence-corrected chi connectivity index (χ1v) is 5.06. The van der Waals surface area contributed by atoms with Crippen LogP contribution in [-0.4, -0.2) is 38.1 Å². The SMILES string of the molecule is COCCNC(=O)C(C)NC(=O)C(C)C. The number of hydrogen-bond acceptors (Lipinski definition) is 3. The van der Waals surface area contributed by atoms with E-state index in [-0.39, 0.29) is 17.7 Å². The van der Waals surface area contributed by atoms with E-state index in [9.17, 15) is 9.59 Å². The van der Waals surface area contributed by atoms with Gasteiger partial charge in [-0.2, -0.15) is 0 Å². The maximum atomic E-state index is 11.4. The minimum Gasteiger partial charge on any atom is -0.383 e. The topological polar surface area (TPSA) is 67.4 Å². The van der Waals surface area contributed by atoms with Gasteiger partial charge in [-0.1, -0.05) is 13.8 Å². The van der Waals surface area contributed by atoms with Gasteiger partial charge in [-0.25, -0.2) is 0 Å². The zero-order valence-electron chi connectivity index (χ0n) is 9.79. The Morgan fingerprint density at radius 3 is 2.27 bits per heavy atom. The molecule has 2 amide bonds. The zero-order valence-corrected chi connectivity index (χ0v) is 9.79. The number of carbonyl (C=O) groups excluding carboxylic acids is 2. The highest BCUT2D eigenvalue weighted by atomic mass is 16.5. The van der Waals surface area contributed by atoms with Crippen molar-refractivity contribution in [2.45, 2.75) is 26.8 Å². The van der Waals surface area contributed by atoms with Gasteiger partial charge in [-0.3, -0.25) is 9.59 Å². The van der Waals surface area contributed by atoms with Crippen LogP contribution in [-0.2, 0) is 14.3 Å². The fourth-order valence-electron chi connectivity index (χ4n) is 0.875. The number of methoxy groups -OCH3 is 1. The summed E-state index contributed by atoms with van der Waals surface area (Å²) >= 11 is 0. The minimum atomic E-state index is -0.503. The Morgan fingerprint density at radius 1 is 1.20 bits per heavy atom. The molecule has 0 aromatic carbocycles. The number of hydrogen-bond donors (Lipinski definition) is 2. The van der Waals surface area contributed by atoms with Gasteiger partial charge < -0.3 is 15.4 Å². The summed E-state index contributed by atoms with van der Waals surface area (Å²) in [5.74, 6) is -0.426. The fourth-order valence-corrected chi connectivity index (χ4v) is 0.875. The van der Waals surface area contributed by atoms with Gasteiger partial charge in [0, 0.05) is 19.6 Å². The molecule has 0 aliphatic carbocycles. The van der Waals surface area contributed by atoms with Gasteiger partial charge in [0.15, 0.2) is 0 Å². The van der Waals surface area contributed by atoms with Crippen LogP contribution in [0.2, 0.25) is 0 Å². The lowest BCUT2D eigenvalue weighted by Gasteiger charge is -2.15. The second kappa shape index (κ2) is 7.23. The second-order valence-electron chi connectivity index (χ2n) is 3.67. The van der Waals surface area contributed by atoms with Crippen LogP contribution in [0, 0.1) is 5.92 Å². The van der Waals surface area contributed by atoms with E-state index in [4.69, 9.17) is 4.74 Å². The largest absolute Gasteiger partial charge is 0.383 e. The smallest absolute Gasteiger partial charge is 0.242 e. The maximum Gasteiger partial charge on any atom is 0.242 e. The highest BCUT2D eigenvalue weighted by Crippen LogP contribution is 1.92. The van der Waals surface area contributed by atoms with Crippen LogP contribution < -0.4 is 10.6 Å². The molecule has 0 bridgehead atoms. The summed E-state index contributed by atoms with van der Waals surface area (Å²) in [6, 6.07) is -0.503. The number of ether oxygens (including phenoxy) is 1. The molecule has 0 aromatic heterocycles. The summed E-state index contributed by atoms with van der Waals surface area (Å²) in [6.45, 7) is 6.14. The average molecular weight is 216 g/mol. The molecule has 0 aliphatic rings. The highest BCUT2D eigenvalue weighted by molar-refractivity contribution is 5.87. The summed E-state index contributed by atoms with van der Waals surface area (Å²) in [4.78, 5) is 22.7. The molecule has 1 unspecified atom stereocenters. The summed E-state index contributed by atoms with van der Waals surface area (Å²) in [7, 11) is 1.57. The molecule has 0 spiro atoms. The third-order valence-corrected chi connectivity index (χ3v) is 1.88. The van der Waals surface area contributed by atoms with Crippen LogP contribution in [0.1, 0.15) is 20.8 Å². The lowest BCUT2D eigenvalue weighted by atomic mass is 10.2. The van der Waals surface area contributed by atoms with Gasteiger partial charge >= 0.3 is 0 Å². The predicted molar refractivity (Wildman–Crippen MR) is 57.3 cm³/mol. The molecule has 2 N–H and O–H groups in total. The molecule has 15 heavy (non-hydrogen) atoms. The molecule has 0 saturated carbocycles. The second-order valence-corrected chi connectivity index (χ2v) is 3.67. The molecule has 0 rings (SSSR count). The van der Waals surface area contributed by atoms with E-state index in [1.807, 2.05) is 0 Å². The standard InChI is InChI=1S/C10H20N2O3/c1-7(2)9(13)12-8(3)10(14)11-5-6-15-4/h7-8H,5-6H2,1-4H3,(H,11,14)(H,12,13). The van der Waals surface area contributed by atoms with E-state index >= 15 is 0 Å². The van der Waals surface area contributed by atoms with Crippen molar-refractivity contribution in [3.8, 4) is 0 Å². The Balaban J connectivity index is 3.83. The van der Waals surface area contributed by atoms with Gasteiger partial charge in [0.25, 0.3) is 0 Å². The van der Waals surface area contributed by atoms with Crippen molar-refractivity contribution in [1.29, 1.82) is 0 Å². The van der Waals surface area contributed by atoms with Gasteiger partial charge in [0.2, 0.25) is 11.8 Å². The molecule has 0 aliphatic heterocycles. The maximum absolute atomic E-state index is 11.4. The number of rotatable bonds is 6. The Kier molecular flexibility index (Phi) is 6.70. The molecular formula is C10H20N2O3. The summed E-state index contributed by atoms with van der Waals surface area (Å²) < 4.78 is 4.79. The van der Waals surface area contributed by atoms with Gasteiger partial charge in [0.1, 0.15) is 6.04 Å². The Bertz CT molecular complexity index is 217. The lowest BCUT2D eigenvalue weighted by molar-refractivity contribution is -0.130. The normalized spacial score (nSPS) is 12.3. The van der Waals surface area contributed by atoms with E-state index in [2.05, 4.69) is 10.6 Å². The molecule has 0 saturated heterocycles. The minimum absolute atomic E-state index is 0.112. The van der Waals surface area contributed by atoms with Crippen LogP contribution in [0.15, 0.2) is 0 Å². The van der Waals surface area contributed by atoms with E-state index in [1.165, 1.54) is 0 Å². The summed E-state index contributed by atoms with van der Waals surface area (Å²) in [5, 5.41) is 5.26. The zero-order chi connectivity index (χ0) is 11.8. The van der Waals surface area contributed by atoms with Crippen molar-refractivity contribution in [3.63, 3.8) is 0 Å². The molecule has 5 nitrogen and oxygen atoms in total. The molecule has 0 radical (unpaired) electrons. The molecule has 0 fully saturated rings. The Hall–Kier alpha value is -1.10. The van der Waals surface area contributed by atoms with Crippen molar-refractivity contribution in [3.05, 3.63) is 0 Å². The number of nitrogens with one attached hydrogen (secondary N) is 2. The predicted octanol–water partition coefficient (Wildman–Crippen LogP) is -0.0903. The third-order valence-electron chi connectivity index (χ3n) is 1.88. The van der Waals surface area contributed by atoms with E-state index < -0.39 is 6.04 Å². The van der Waals surface area contributed by atoms with Crippen LogP contribution in [0.25, 0.3) is 0 Å². The quantitative estimate of drug-likeness (QED) is 0.610. The summed E-state index contributed by atoms with van der Waals surface area (Å²) in [5.41, 5.74) is 0. The first-order chi connectivity index (χ1) is 6.99. The molecular weight excluding hydrogens is 196 g/mol. The lowest BCUT2D eigenvalue weighted by Crippen LogP contribution is -2.46. The average Bonchev–Trinajstić information content (AvgIpc) is 2.17.